The lowest BCUT2D eigenvalue weighted by atomic mass is 10.2. The minimum atomic E-state index is -0.203. The maximum atomic E-state index is 11.7. The van der Waals surface area contributed by atoms with Crippen molar-refractivity contribution in [3.8, 4) is 11.5 Å². The van der Waals surface area contributed by atoms with Crippen molar-refractivity contribution in [1.29, 1.82) is 0 Å². The van der Waals surface area contributed by atoms with E-state index in [1.54, 1.807) is 12.3 Å². The highest BCUT2D eigenvalue weighted by atomic mass is 16.7. The maximum absolute atomic E-state index is 11.7. The molecule has 0 bridgehead atoms. The molecule has 0 unspecified atom stereocenters. The summed E-state index contributed by atoms with van der Waals surface area (Å²) in [6.45, 7) is 0.923. The zero-order valence-corrected chi connectivity index (χ0v) is 13.0. The molecule has 7 heteroatoms. The van der Waals surface area contributed by atoms with Crippen LogP contribution in [-0.2, 0) is 6.54 Å². The van der Waals surface area contributed by atoms with Gasteiger partial charge in [-0.15, -0.1) is 0 Å². The van der Waals surface area contributed by atoms with Gasteiger partial charge in [-0.05, 0) is 42.7 Å². The number of fused-ring (bicyclic) bond motifs is 1. The molecule has 0 spiro atoms. The number of amides is 2. The van der Waals surface area contributed by atoms with Crippen LogP contribution >= 0.6 is 0 Å². The second kappa shape index (κ2) is 6.27. The Kier molecular flexibility index (Phi) is 3.82. The number of urea groups is 1. The maximum Gasteiger partial charge on any atom is 0.320 e. The number of nitrogens with zero attached hydrogens (tertiary/aromatic N) is 1. The van der Waals surface area contributed by atoms with Crippen molar-refractivity contribution >= 4 is 17.5 Å². The van der Waals surface area contributed by atoms with Gasteiger partial charge in [-0.25, -0.2) is 9.78 Å². The van der Waals surface area contributed by atoms with Gasteiger partial charge in [0.15, 0.2) is 11.5 Å². The van der Waals surface area contributed by atoms with Crippen LogP contribution < -0.4 is 25.4 Å². The first-order chi connectivity index (χ1) is 11.8. The predicted molar refractivity (Wildman–Crippen MR) is 89.3 cm³/mol. The number of hydrogen-bond acceptors (Lipinski definition) is 5. The van der Waals surface area contributed by atoms with Crippen LogP contribution in [-0.4, -0.2) is 23.8 Å². The first kappa shape index (κ1) is 14.6. The largest absolute Gasteiger partial charge is 0.454 e. The normalized spacial score (nSPS) is 15.0. The van der Waals surface area contributed by atoms with E-state index in [2.05, 4.69) is 20.9 Å². The van der Waals surface area contributed by atoms with Gasteiger partial charge in [0, 0.05) is 12.6 Å². The van der Waals surface area contributed by atoms with E-state index in [4.69, 9.17) is 9.47 Å². The van der Waals surface area contributed by atoms with Gasteiger partial charge in [0.25, 0.3) is 0 Å². The Hall–Kier alpha value is -2.96. The van der Waals surface area contributed by atoms with E-state index in [9.17, 15) is 4.79 Å². The second-order valence-electron chi connectivity index (χ2n) is 5.85. The van der Waals surface area contributed by atoms with Gasteiger partial charge in [-0.1, -0.05) is 6.07 Å². The van der Waals surface area contributed by atoms with Gasteiger partial charge in [-0.2, -0.15) is 0 Å². The van der Waals surface area contributed by atoms with E-state index >= 15 is 0 Å². The van der Waals surface area contributed by atoms with E-state index in [1.165, 1.54) is 0 Å². The van der Waals surface area contributed by atoms with Crippen LogP contribution in [0.25, 0.3) is 0 Å². The Morgan fingerprint density at radius 3 is 2.83 bits per heavy atom. The average molecular weight is 326 g/mol. The Labute approximate surface area is 139 Å². The number of anilines is 2. The third kappa shape index (κ3) is 3.51. The van der Waals surface area contributed by atoms with E-state index in [-0.39, 0.29) is 12.8 Å². The minimum absolute atomic E-state index is 0.203. The SMILES string of the molecule is O=C(Nc1ccc(NCc2ccc3c(c2)OCO3)cn1)NC1CC1. The molecular formula is C17H18N4O3. The van der Waals surface area contributed by atoms with Crippen LogP contribution in [0, 0.1) is 0 Å². The lowest BCUT2D eigenvalue weighted by Crippen LogP contribution is -2.30. The number of benzene rings is 1. The summed E-state index contributed by atoms with van der Waals surface area (Å²) in [7, 11) is 0. The predicted octanol–water partition coefficient (Wildman–Crippen LogP) is 2.71. The van der Waals surface area contributed by atoms with Gasteiger partial charge in [0.2, 0.25) is 6.79 Å². The van der Waals surface area contributed by atoms with Crippen LogP contribution in [0.1, 0.15) is 18.4 Å². The first-order valence-electron chi connectivity index (χ1n) is 7.92. The van der Waals surface area contributed by atoms with E-state index in [0.717, 1.165) is 35.6 Å². The van der Waals surface area contributed by atoms with Crippen LogP contribution in [0.3, 0.4) is 0 Å². The molecule has 1 aromatic heterocycles. The fourth-order valence-electron chi connectivity index (χ4n) is 2.39. The van der Waals surface area contributed by atoms with Crippen molar-refractivity contribution in [3.05, 3.63) is 42.1 Å². The zero-order valence-electron chi connectivity index (χ0n) is 13.0. The van der Waals surface area contributed by atoms with Gasteiger partial charge < -0.3 is 20.1 Å². The van der Waals surface area contributed by atoms with Crippen LogP contribution in [0.2, 0.25) is 0 Å². The van der Waals surface area contributed by atoms with Crippen LogP contribution in [0.4, 0.5) is 16.3 Å². The lowest BCUT2D eigenvalue weighted by molar-refractivity contribution is 0.174. The molecule has 7 nitrogen and oxygen atoms in total. The molecule has 1 saturated carbocycles. The highest BCUT2D eigenvalue weighted by molar-refractivity contribution is 5.88. The van der Waals surface area contributed by atoms with Gasteiger partial charge in [0.1, 0.15) is 5.82 Å². The molecule has 2 amide bonds. The number of nitrogens with one attached hydrogen (secondary N) is 3. The summed E-state index contributed by atoms with van der Waals surface area (Å²) >= 11 is 0. The Bertz CT molecular complexity index is 744. The number of hydrogen-bond donors (Lipinski definition) is 3. The molecule has 1 aliphatic heterocycles. The smallest absolute Gasteiger partial charge is 0.320 e. The molecule has 2 heterocycles. The standard InChI is InChI=1S/C17H18N4O3/c22-17(20-12-2-3-12)21-16-6-4-13(9-19-16)18-8-11-1-5-14-15(7-11)24-10-23-14/h1,4-7,9,12,18H,2-3,8,10H2,(H2,19,20,21,22). The Balaban J connectivity index is 1.31. The fourth-order valence-corrected chi connectivity index (χ4v) is 2.39. The quantitative estimate of drug-likeness (QED) is 0.787. The lowest BCUT2D eigenvalue weighted by Gasteiger charge is -2.09. The number of aromatic nitrogens is 1. The summed E-state index contributed by atoms with van der Waals surface area (Å²) in [4.78, 5) is 15.9. The molecule has 1 fully saturated rings. The number of carbonyl (C=O) groups is 1. The molecule has 4 rings (SSSR count). The minimum Gasteiger partial charge on any atom is -0.454 e. The van der Waals surface area contributed by atoms with Gasteiger partial charge in [-0.3, -0.25) is 5.32 Å². The van der Waals surface area contributed by atoms with E-state index in [0.29, 0.717) is 18.4 Å². The van der Waals surface area contributed by atoms with Gasteiger partial charge >= 0.3 is 6.03 Å². The van der Waals surface area contributed by atoms with E-state index < -0.39 is 0 Å². The van der Waals surface area contributed by atoms with Crippen LogP contribution in [0.5, 0.6) is 11.5 Å². The monoisotopic (exact) mass is 326 g/mol. The van der Waals surface area contributed by atoms with Crippen molar-refractivity contribution in [2.24, 2.45) is 0 Å². The summed E-state index contributed by atoms with van der Waals surface area (Å²) in [5.41, 5.74) is 1.96. The van der Waals surface area contributed by atoms with Crippen LogP contribution in [0.15, 0.2) is 36.5 Å². The molecule has 2 aromatic rings. The van der Waals surface area contributed by atoms with Crippen molar-refractivity contribution in [2.75, 3.05) is 17.4 Å². The summed E-state index contributed by atoms with van der Waals surface area (Å²) in [5.74, 6) is 2.08. The molecule has 0 radical (unpaired) electrons. The highest BCUT2D eigenvalue weighted by Gasteiger charge is 2.23. The van der Waals surface area contributed by atoms with Crippen molar-refractivity contribution < 1.29 is 14.3 Å². The fraction of sp³-hybridized carbons (Fsp3) is 0.294. The average Bonchev–Trinajstić information content (AvgIpc) is 3.27. The summed E-state index contributed by atoms with van der Waals surface area (Å²) in [6.07, 6.45) is 3.81. The van der Waals surface area contributed by atoms with Crippen molar-refractivity contribution in [3.63, 3.8) is 0 Å². The second-order valence-corrected chi connectivity index (χ2v) is 5.85. The molecule has 1 aromatic carbocycles. The van der Waals surface area contributed by atoms with E-state index in [1.807, 2.05) is 24.3 Å². The topological polar surface area (TPSA) is 84.5 Å². The zero-order chi connectivity index (χ0) is 16.4. The molecule has 1 aliphatic carbocycles. The highest BCUT2D eigenvalue weighted by Crippen LogP contribution is 2.32. The number of rotatable bonds is 5. The molecule has 2 aliphatic rings. The number of ether oxygens (including phenoxy) is 2. The number of pyridine rings is 1. The molecule has 0 atom stereocenters. The van der Waals surface area contributed by atoms with Crippen molar-refractivity contribution in [1.82, 2.24) is 10.3 Å². The third-order valence-corrected chi connectivity index (χ3v) is 3.85. The number of carbonyl (C=O) groups excluding carboxylic acids is 1. The molecule has 24 heavy (non-hydrogen) atoms. The first-order valence-corrected chi connectivity index (χ1v) is 7.92. The third-order valence-electron chi connectivity index (χ3n) is 3.85. The molecule has 3 N–H and O–H groups in total. The summed E-state index contributed by atoms with van der Waals surface area (Å²) < 4.78 is 10.7. The molecule has 124 valence electrons. The van der Waals surface area contributed by atoms with Crippen molar-refractivity contribution in [2.45, 2.75) is 25.4 Å². The molecular weight excluding hydrogens is 308 g/mol. The Morgan fingerprint density at radius 2 is 2.04 bits per heavy atom. The Morgan fingerprint density at radius 1 is 1.17 bits per heavy atom. The summed E-state index contributed by atoms with van der Waals surface area (Å²) in [6, 6.07) is 9.63. The molecule has 0 saturated heterocycles. The van der Waals surface area contributed by atoms with Gasteiger partial charge in [0.05, 0.1) is 11.9 Å². The summed E-state index contributed by atoms with van der Waals surface area (Å²) in [5, 5.41) is 8.87.